The summed E-state index contributed by atoms with van der Waals surface area (Å²) in [4.78, 5) is 12.6. The van der Waals surface area contributed by atoms with Crippen molar-refractivity contribution in [3.63, 3.8) is 0 Å². The summed E-state index contributed by atoms with van der Waals surface area (Å²) in [6.45, 7) is 0. The van der Waals surface area contributed by atoms with Gasteiger partial charge < -0.3 is 9.47 Å². The second-order valence-corrected chi connectivity index (χ2v) is 5.72. The van der Waals surface area contributed by atoms with Crippen molar-refractivity contribution >= 4 is 17.9 Å². The molecule has 0 radical (unpaired) electrons. The molecule has 0 unspecified atom stereocenters. The molecule has 0 amide bonds. The molecule has 0 spiro atoms. The van der Waals surface area contributed by atoms with Crippen molar-refractivity contribution in [2.24, 2.45) is 0 Å². The van der Waals surface area contributed by atoms with E-state index in [0.29, 0.717) is 0 Å². The number of hydrogen-bond acceptors (Lipinski definition) is 3. The van der Waals surface area contributed by atoms with Crippen molar-refractivity contribution in [2.75, 3.05) is 14.2 Å². The molecule has 3 heteroatoms. The predicted molar refractivity (Wildman–Crippen MR) is 96.2 cm³/mol. The minimum atomic E-state index is 0.126. The number of Topliss-reactive ketones (excluding diaryl/α,β-unsaturated/α-hetero) is 1. The Kier molecular flexibility index (Phi) is 4.80. The maximum absolute atomic E-state index is 12.6. The lowest BCUT2D eigenvalue weighted by Crippen LogP contribution is -1.95. The maximum atomic E-state index is 12.6. The number of carbonyl (C=O) groups is 1. The topological polar surface area (TPSA) is 35.5 Å². The molecule has 1 saturated carbocycles. The van der Waals surface area contributed by atoms with Gasteiger partial charge in [-0.05, 0) is 60.4 Å². The molecule has 0 N–H and O–H groups in total. The molecular formula is C21H20O3. The van der Waals surface area contributed by atoms with Gasteiger partial charge in [0.15, 0.2) is 5.78 Å². The zero-order valence-corrected chi connectivity index (χ0v) is 13.9. The average Bonchev–Trinajstić information content (AvgIpc) is 2.95. The van der Waals surface area contributed by atoms with Crippen LogP contribution in [0.5, 0.6) is 11.5 Å². The minimum absolute atomic E-state index is 0.126. The van der Waals surface area contributed by atoms with Gasteiger partial charge in [0.1, 0.15) is 11.5 Å². The first-order valence-corrected chi connectivity index (χ1v) is 7.93. The van der Waals surface area contributed by atoms with Crippen molar-refractivity contribution in [1.82, 2.24) is 0 Å². The van der Waals surface area contributed by atoms with Gasteiger partial charge in [0.2, 0.25) is 0 Å². The van der Waals surface area contributed by atoms with Crippen LogP contribution in [0.25, 0.3) is 12.2 Å². The van der Waals surface area contributed by atoms with E-state index in [1.165, 1.54) is 0 Å². The van der Waals surface area contributed by atoms with Gasteiger partial charge in [-0.2, -0.15) is 0 Å². The Morgan fingerprint density at radius 1 is 0.792 bits per heavy atom. The molecule has 3 nitrogen and oxygen atoms in total. The van der Waals surface area contributed by atoms with Crippen LogP contribution in [0.4, 0.5) is 0 Å². The molecule has 24 heavy (non-hydrogen) atoms. The van der Waals surface area contributed by atoms with Crippen molar-refractivity contribution in [3.8, 4) is 11.5 Å². The summed E-state index contributed by atoms with van der Waals surface area (Å²) in [5.41, 5.74) is 3.66. The van der Waals surface area contributed by atoms with Crippen LogP contribution in [-0.2, 0) is 4.79 Å². The molecule has 0 atom stereocenters. The van der Waals surface area contributed by atoms with Crippen LogP contribution in [0.2, 0.25) is 0 Å². The first kappa shape index (κ1) is 16.1. The van der Waals surface area contributed by atoms with E-state index in [9.17, 15) is 4.79 Å². The van der Waals surface area contributed by atoms with Gasteiger partial charge in [-0.3, -0.25) is 4.79 Å². The fourth-order valence-electron chi connectivity index (χ4n) is 2.84. The Bertz CT molecular complexity index is 748. The number of carbonyl (C=O) groups excluding carboxylic acids is 1. The molecule has 2 aromatic carbocycles. The summed E-state index contributed by atoms with van der Waals surface area (Å²) >= 11 is 0. The smallest absolute Gasteiger partial charge is 0.185 e. The Morgan fingerprint density at radius 3 is 1.67 bits per heavy atom. The van der Waals surface area contributed by atoms with Crippen molar-refractivity contribution in [1.29, 1.82) is 0 Å². The van der Waals surface area contributed by atoms with Crippen LogP contribution < -0.4 is 9.47 Å². The van der Waals surface area contributed by atoms with E-state index in [0.717, 1.165) is 46.6 Å². The van der Waals surface area contributed by atoms with Crippen molar-refractivity contribution in [3.05, 3.63) is 70.8 Å². The molecule has 0 saturated heterocycles. The Morgan fingerprint density at radius 2 is 1.25 bits per heavy atom. The number of ether oxygens (including phenoxy) is 2. The predicted octanol–water partition coefficient (Wildman–Crippen LogP) is 4.53. The zero-order chi connectivity index (χ0) is 16.9. The summed E-state index contributed by atoms with van der Waals surface area (Å²) in [6, 6.07) is 15.5. The minimum Gasteiger partial charge on any atom is -0.497 e. The molecule has 0 aromatic heterocycles. The average molecular weight is 320 g/mol. The molecule has 0 aliphatic heterocycles. The molecule has 0 bridgehead atoms. The van der Waals surface area contributed by atoms with E-state index in [-0.39, 0.29) is 5.78 Å². The molecule has 1 fully saturated rings. The van der Waals surface area contributed by atoms with Gasteiger partial charge in [-0.1, -0.05) is 24.3 Å². The quantitative estimate of drug-likeness (QED) is 0.776. The second kappa shape index (κ2) is 7.18. The fourth-order valence-corrected chi connectivity index (χ4v) is 2.84. The van der Waals surface area contributed by atoms with Gasteiger partial charge in [-0.15, -0.1) is 0 Å². The number of allylic oxidation sites excluding steroid dienone is 2. The van der Waals surface area contributed by atoms with E-state index in [1.807, 2.05) is 60.7 Å². The van der Waals surface area contributed by atoms with Gasteiger partial charge in [0.05, 0.1) is 14.2 Å². The Hall–Kier alpha value is -2.81. The molecule has 3 rings (SSSR count). The number of ketones is 1. The maximum Gasteiger partial charge on any atom is 0.185 e. The highest BCUT2D eigenvalue weighted by Crippen LogP contribution is 2.30. The lowest BCUT2D eigenvalue weighted by molar-refractivity contribution is -0.111. The van der Waals surface area contributed by atoms with Crippen molar-refractivity contribution in [2.45, 2.75) is 12.8 Å². The fraction of sp³-hybridized carbons (Fsp3) is 0.190. The van der Waals surface area contributed by atoms with E-state index >= 15 is 0 Å². The highest BCUT2D eigenvalue weighted by atomic mass is 16.5. The van der Waals surface area contributed by atoms with Gasteiger partial charge in [-0.25, -0.2) is 0 Å². The molecule has 1 aliphatic rings. The van der Waals surface area contributed by atoms with Crippen LogP contribution in [0.3, 0.4) is 0 Å². The van der Waals surface area contributed by atoms with E-state index in [2.05, 4.69) is 0 Å². The van der Waals surface area contributed by atoms with Gasteiger partial charge >= 0.3 is 0 Å². The third kappa shape index (κ3) is 3.57. The lowest BCUT2D eigenvalue weighted by Gasteiger charge is -2.02. The first-order valence-electron chi connectivity index (χ1n) is 7.93. The largest absolute Gasteiger partial charge is 0.497 e. The number of benzene rings is 2. The summed E-state index contributed by atoms with van der Waals surface area (Å²) in [6.07, 6.45) is 5.45. The van der Waals surface area contributed by atoms with Crippen LogP contribution in [-0.4, -0.2) is 20.0 Å². The summed E-state index contributed by atoms with van der Waals surface area (Å²) in [5, 5.41) is 0. The highest BCUT2D eigenvalue weighted by Gasteiger charge is 2.22. The number of methoxy groups -OCH3 is 2. The summed E-state index contributed by atoms with van der Waals surface area (Å²) in [5.74, 6) is 1.71. The molecular weight excluding hydrogens is 300 g/mol. The van der Waals surface area contributed by atoms with E-state index in [4.69, 9.17) is 9.47 Å². The lowest BCUT2D eigenvalue weighted by atomic mass is 10.1. The zero-order valence-electron chi connectivity index (χ0n) is 13.9. The van der Waals surface area contributed by atoms with E-state index in [1.54, 1.807) is 14.2 Å². The van der Waals surface area contributed by atoms with Crippen LogP contribution in [0.1, 0.15) is 24.0 Å². The molecule has 2 aromatic rings. The standard InChI is InChI=1S/C21H20O3/c1-23-19-7-3-5-15(13-19)11-17-9-10-18(21(17)22)12-16-6-4-8-20(14-16)24-2/h3-8,11-14H,9-10H2,1-2H3/b17-11-,18-12-. The highest BCUT2D eigenvalue weighted by molar-refractivity contribution is 6.15. The van der Waals surface area contributed by atoms with E-state index < -0.39 is 0 Å². The molecule has 122 valence electrons. The SMILES string of the molecule is COc1cccc(/C=C2/CC/C(=C/c3cccc(OC)c3)C2=O)c1. The first-order chi connectivity index (χ1) is 11.7. The summed E-state index contributed by atoms with van der Waals surface area (Å²) in [7, 11) is 3.28. The normalized spacial score (nSPS) is 17.5. The van der Waals surface area contributed by atoms with Crippen LogP contribution in [0, 0.1) is 0 Å². The molecule has 0 heterocycles. The number of rotatable bonds is 4. The summed E-state index contributed by atoms with van der Waals surface area (Å²) < 4.78 is 10.5. The third-order valence-electron chi connectivity index (χ3n) is 4.12. The monoisotopic (exact) mass is 320 g/mol. The Labute approximate surface area is 142 Å². The van der Waals surface area contributed by atoms with Crippen LogP contribution >= 0.6 is 0 Å². The van der Waals surface area contributed by atoms with Crippen LogP contribution in [0.15, 0.2) is 59.7 Å². The molecule has 1 aliphatic carbocycles. The van der Waals surface area contributed by atoms with Crippen molar-refractivity contribution < 1.29 is 14.3 Å². The Balaban J connectivity index is 1.83. The van der Waals surface area contributed by atoms with Gasteiger partial charge in [0.25, 0.3) is 0 Å². The number of hydrogen-bond donors (Lipinski definition) is 0. The second-order valence-electron chi connectivity index (χ2n) is 5.72. The third-order valence-corrected chi connectivity index (χ3v) is 4.12. The van der Waals surface area contributed by atoms with Gasteiger partial charge in [0, 0.05) is 11.1 Å².